The van der Waals surface area contributed by atoms with Crippen LogP contribution < -0.4 is 10.9 Å². The zero-order chi connectivity index (χ0) is 19.3. The quantitative estimate of drug-likeness (QED) is 0.735. The molecule has 1 saturated carbocycles. The van der Waals surface area contributed by atoms with Gasteiger partial charge in [-0.2, -0.15) is 0 Å². The molecule has 4 rings (SSSR count). The topological polar surface area (TPSA) is 64.0 Å². The number of rotatable bonds is 5. The molecule has 1 aromatic carbocycles. The summed E-state index contributed by atoms with van der Waals surface area (Å²) < 4.78 is 1.69. The van der Waals surface area contributed by atoms with Gasteiger partial charge in [0.25, 0.3) is 11.5 Å². The van der Waals surface area contributed by atoms with Crippen molar-refractivity contribution in [3.63, 3.8) is 0 Å². The summed E-state index contributed by atoms with van der Waals surface area (Å²) in [5.41, 5.74) is 1.30. The third-order valence-electron chi connectivity index (χ3n) is 5.59. The fourth-order valence-corrected chi connectivity index (χ4v) is 4.07. The van der Waals surface area contributed by atoms with Crippen molar-refractivity contribution in [2.75, 3.05) is 0 Å². The number of pyridine rings is 2. The second-order valence-corrected chi connectivity index (χ2v) is 7.58. The number of hydrogen-bond acceptors (Lipinski definition) is 3. The van der Waals surface area contributed by atoms with Crippen molar-refractivity contribution in [1.82, 2.24) is 14.9 Å². The number of amides is 1. The molecule has 1 aliphatic rings. The number of benzene rings is 1. The molecule has 5 nitrogen and oxygen atoms in total. The maximum Gasteiger partial charge on any atom is 0.268 e. The minimum Gasteiger partial charge on any atom is -0.347 e. The van der Waals surface area contributed by atoms with E-state index in [0.29, 0.717) is 30.1 Å². The summed E-state index contributed by atoms with van der Waals surface area (Å²) in [7, 11) is 0. The molecule has 1 N–H and O–H groups in total. The van der Waals surface area contributed by atoms with E-state index in [0.717, 1.165) is 23.8 Å². The van der Waals surface area contributed by atoms with Crippen LogP contribution in [0, 0.1) is 5.92 Å². The van der Waals surface area contributed by atoms with E-state index in [-0.39, 0.29) is 11.5 Å². The molecule has 1 amide bonds. The lowest BCUT2D eigenvalue weighted by Crippen LogP contribution is -2.34. The van der Waals surface area contributed by atoms with Gasteiger partial charge in [0.1, 0.15) is 5.69 Å². The Morgan fingerprint density at radius 3 is 2.71 bits per heavy atom. The van der Waals surface area contributed by atoms with Gasteiger partial charge >= 0.3 is 0 Å². The number of hydrogen-bond donors (Lipinski definition) is 1. The highest BCUT2D eigenvalue weighted by atomic mass is 16.2. The standard InChI is InChI=1S/C23H25N3O2/c27-22(25-15-18-9-6-12-24-14-18)21-13-19-10-4-5-11-20(19)23(28)26(21)16-17-7-2-1-3-8-17/h4-6,9-14,17H,1-3,7-8,15-16H2,(H,25,27). The molecule has 0 aliphatic heterocycles. The van der Waals surface area contributed by atoms with Gasteiger partial charge in [-0.05, 0) is 47.9 Å². The van der Waals surface area contributed by atoms with Crippen LogP contribution in [0.5, 0.6) is 0 Å². The Hall–Kier alpha value is -2.95. The Kier molecular flexibility index (Phi) is 5.51. The summed E-state index contributed by atoms with van der Waals surface area (Å²) in [6.45, 7) is 0.996. The van der Waals surface area contributed by atoms with Crippen LogP contribution in [-0.2, 0) is 13.1 Å². The molecule has 0 bridgehead atoms. The Morgan fingerprint density at radius 1 is 1.11 bits per heavy atom. The van der Waals surface area contributed by atoms with E-state index in [2.05, 4.69) is 10.3 Å². The predicted octanol–water partition coefficient (Wildman–Crippen LogP) is 3.91. The van der Waals surface area contributed by atoms with E-state index < -0.39 is 0 Å². The van der Waals surface area contributed by atoms with Crippen molar-refractivity contribution < 1.29 is 4.79 Å². The monoisotopic (exact) mass is 375 g/mol. The van der Waals surface area contributed by atoms with Crippen molar-refractivity contribution in [3.05, 3.63) is 76.5 Å². The molecule has 144 valence electrons. The number of nitrogens with zero attached hydrogens (tertiary/aromatic N) is 2. The third-order valence-corrected chi connectivity index (χ3v) is 5.59. The van der Waals surface area contributed by atoms with E-state index in [9.17, 15) is 9.59 Å². The van der Waals surface area contributed by atoms with Crippen LogP contribution >= 0.6 is 0 Å². The number of fused-ring (bicyclic) bond motifs is 1. The highest BCUT2D eigenvalue weighted by Gasteiger charge is 2.20. The summed E-state index contributed by atoms with van der Waals surface area (Å²) in [6.07, 6.45) is 9.35. The molecule has 3 aromatic rings. The summed E-state index contributed by atoms with van der Waals surface area (Å²) >= 11 is 0. The van der Waals surface area contributed by atoms with E-state index in [1.54, 1.807) is 17.0 Å². The van der Waals surface area contributed by atoms with Gasteiger partial charge in [0.2, 0.25) is 0 Å². The smallest absolute Gasteiger partial charge is 0.268 e. The lowest BCUT2D eigenvalue weighted by molar-refractivity contribution is 0.0938. The van der Waals surface area contributed by atoms with E-state index in [4.69, 9.17) is 0 Å². The van der Waals surface area contributed by atoms with Gasteiger partial charge in [0, 0.05) is 30.9 Å². The molecule has 28 heavy (non-hydrogen) atoms. The molecule has 2 heterocycles. The SMILES string of the molecule is O=C(NCc1cccnc1)c1cc2ccccc2c(=O)n1CC1CCCCC1. The molecule has 0 spiro atoms. The third kappa shape index (κ3) is 3.98. The van der Waals surface area contributed by atoms with Gasteiger partial charge in [-0.1, -0.05) is 43.5 Å². The van der Waals surface area contributed by atoms with Crippen molar-refractivity contribution in [3.8, 4) is 0 Å². The maximum atomic E-state index is 13.2. The molecular weight excluding hydrogens is 350 g/mol. The van der Waals surface area contributed by atoms with E-state index >= 15 is 0 Å². The Bertz CT molecular complexity index is 1020. The molecular formula is C23H25N3O2. The van der Waals surface area contributed by atoms with Crippen LogP contribution in [-0.4, -0.2) is 15.5 Å². The van der Waals surface area contributed by atoms with E-state index in [1.807, 2.05) is 42.5 Å². The van der Waals surface area contributed by atoms with Gasteiger partial charge in [0.05, 0.1) is 0 Å². The molecule has 2 aromatic heterocycles. The fraction of sp³-hybridized carbons (Fsp3) is 0.348. The van der Waals surface area contributed by atoms with Crippen LogP contribution in [0.4, 0.5) is 0 Å². The predicted molar refractivity (Wildman–Crippen MR) is 110 cm³/mol. The number of nitrogens with one attached hydrogen (secondary N) is 1. The van der Waals surface area contributed by atoms with Gasteiger partial charge < -0.3 is 9.88 Å². The first-order valence-corrected chi connectivity index (χ1v) is 10.0. The highest BCUT2D eigenvalue weighted by molar-refractivity contribution is 5.96. The van der Waals surface area contributed by atoms with Crippen LogP contribution in [0.1, 0.15) is 48.2 Å². The van der Waals surface area contributed by atoms with Crippen LogP contribution in [0.2, 0.25) is 0 Å². The lowest BCUT2D eigenvalue weighted by atomic mass is 9.89. The van der Waals surface area contributed by atoms with Crippen molar-refractivity contribution in [2.24, 2.45) is 5.92 Å². The zero-order valence-corrected chi connectivity index (χ0v) is 15.9. The average Bonchev–Trinajstić information content (AvgIpc) is 2.75. The van der Waals surface area contributed by atoms with Gasteiger partial charge in [-0.15, -0.1) is 0 Å². The van der Waals surface area contributed by atoms with Crippen molar-refractivity contribution in [1.29, 1.82) is 0 Å². The molecule has 5 heteroatoms. The second kappa shape index (κ2) is 8.38. The molecule has 0 radical (unpaired) electrons. The average molecular weight is 375 g/mol. The van der Waals surface area contributed by atoms with Gasteiger partial charge in [0.15, 0.2) is 0 Å². The highest BCUT2D eigenvalue weighted by Crippen LogP contribution is 2.25. The van der Waals surface area contributed by atoms with Crippen molar-refractivity contribution >= 4 is 16.7 Å². The van der Waals surface area contributed by atoms with Gasteiger partial charge in [-0.3, -0.25) is 14.6 Å². The first-order chi connectivity index (χ1) is 13.7. The number of aromatic nitrogens is 2. The molecule has 0 saturated heterocycles. The fourth-order valence-electron chi connectivity index (χ4n) is 4.07. The Morgan fingerprint density at radius 2 is 1.93 bits per heavy atom. The van der Waals surface area contributed by atoms with Crippen molar-refractivity contribution in [2.45, 2.75) is 45.2 Å². The minimum absolute atomic E-state index is 0.0739. The molecule has 0 unspecified atom stereocenters. The Balaban J connectivity index is 1.67. The first kappa shape index (κ1) is 18.4. The summed E-state index contributed by atoms with van der Waals surface area (Å²) in [5.74, 6) is 0.236. The summed E-state index contributed by atoms with van der Waals surface area (Å²) in [6, 6.07) is 13.1. The normalized spacial score (nSPS) is 14.9. The number of carbonyl (C=O) groups excluding carboxylic acids is 1. The molecule has 1 aliphatic carbocycles. The first-order valence-electron chi connectivity index (χ1n) is 10.0. The van der Waals surface area contributed by atoms with Crippen LogP contribution in [0.3, 0.4) is 0 Å². The maximum absolute atomic E-state index is 13.2. The lowest BCUT2D eigenvalue weighted by Gasteiger charge is -2.24. The Labute approximate surface area is 164 Å². The summed E-state index contributed by atoms with van der Waals surface area (Å²) in [4.78, 5) is 30.2. The van der Waals surface area contributed by atoms with Gasteiger partial charge in [-0.25, -0.2) is 0 Å². The molecule has 0 atom stereocenters. The summed E-state index contributed by atoms with van der Waals surface area (Å²) in [5, 5.41) is 4.42. The van der Waals surface area contributed by atoms with Crippen LogP contribution in [0.15, 0.2) is 59.7 Å². The minimum atomic E-state index is -0.220. The largest absolute Gasteiger partial charge is 0.347 e. The number of carbonyl (C=O) groups is 1. The van der Waals surface area contributed by atoms with E-state index in [1.165, 1.54) is 19.3 Å². The second-order valence-electron chi connectivity index (χ2n) is 7.58. The van der Waals surface area contributed by atoms with Crippen LogP contribution in [0.25, 0.3) is 10.8 Å². The zero-order valence-electron chi connectivity index (χ0n) is 15.9. The molecule has 1 fully saturated rings.